The lowest BCUT2D eigenvalue weighted by molar-refractivity contribution is 0.848. The van der Waals surface area contributed by atoms with E-state index in [-0.39, 0.29) is 0 Å². The average Bonchev–Trinajstić information content (AvgIpc) is 2.11. The second kappa shape index (κ2) is 5.66. The van der Waals surface area contributed by atoms with E-state index < -0.39 is 0 Å². The first-order valence-electron chi connectivity index (χ1n) is 4.54. The Morgan fingerprint density at radius 1 is 1.29 bits per heavy atom. The molecule has 0 heterocycles. The molecule has 14 heavy (non-hydrogen) atoms. The lowest BCUT2D eigenvalue weighted by Crippen LogP contribution is -2.14. The van der Waals surface area contributed by atoms with Crippen LogP contribution in [0.2, 0.25) is 0 Å². The Hall–Kier alpha value is 0.660. The van der Waals surface area contributed by atoms with Crippen LogP contribution in [0.5, 0.6) is 0 Å². The number of hydrogen-bond donors (Lipinski definition) is 0. The van der Waals surface area contributed by atoms with E-state index in [1.165, 1.54) is 15.6 Å². The molecule has 0 aromatic heterocycles. The fourth-order valence-corrected chi connectivity index (χ4v) is 2.42. The first kappa shape index (κ1) is 12.7. The zero-order valence-corrected chi connectivity index (χ0v) is 13.0. The maximum absolute atomic E-state index is 3.68. The molecule has 0 aliphatic carbocycles. The molecule has 0 N–H and O–H groups in total. The molecule has 0 fully saturated rings. The molecule has 0 spiro atoms. The quantitative estimate of drug-likeness (QED) is 0.654. The van der Waals surface area contributed by atoms with Crippen LogP contribution in [0.25, 0.3) is 0 Å². The lowest BCUT2D eigenvalue weighted by Gasteiger charge is -2.15. The predicted molar refractivity (Wildman–Crippen MR) is 73.7 cm³/mol. The molecule has 0 bridgehead atoms. The molecular formula is C11H13Br3. The van der Waals surface area contributed by atoms with Crippen molar-refractivity contribution in [1.82, 2.24) is 0 Å². The van der Waals surface area contributed by atoms with Crippen LogP contribution < -0.4 is 0 Å². The van der Waals surface area contributed by atoms with Gasteiger partial charge in [-0.3, -0.25) is 0 Å². The average molecular weight is 385 g/mol. The van der Waals surface area contributed by atoms with Crippen molar-refractivity contribution in [2.24, 2.45) is 0 Å². The number of benzene rings is 1. The lowest BCUT2D eigenvalue weighted by atomic mass is 10.0. The van der Waals surface area contributed by atoms with Gasteiger partial charge in [0.2, 0.25) is 0 Å². The van der Waals surface area contributed by atoms with Crippen molar-refractivity contribution in [1.29, 1.82) is 0 Å². The van der Waals surface area contributed by atoms with Gasteiger partial charge in [0.05, 0.1) is 0 Å². The van der Waals surface area contributed by atoms with Crippen molar-refractivity contribution < 1.29 is 0 Å². The molecule has 0 aliphatic rings. The molecule has 3 heteroatoms. The molecule has 0 amide bonds. The van der Waals surface area contributed by atoms with E-state index in [9.17, 15) is 0 Å². The summed E-state index contributed by atoms with van der Waals surface area (Å²) >= 11 is 10.9. The number of rotatable bonds is 3. The molecule has 2 atom stereocenters. The van der Waals surface area contributed by atoms with E-state index in [1.807, 2.05) is 0 Å². The summed E-state index contributed by atoms with van der Waals surface area (Å²) in [5.74, 6) is 0. The zero-order chi connectivity index (χ0) is 10.7. The second-order valence-corrected chi connectivity index (χ2v) is 6.91. The van der Waals surface area contributed by atoms with Crippen LogP contribution in [0, 0.1) is 6.92 Å². The van der Waals surface area contributed by atoms with Gasteiger partial charge in [-0.2, -0.15) is 0 Å². The molecule has 1 aromatic carbocycles. The summed E-state index contributed by atoms with van der Waals surface area (Å²) in [5, 5.41) is 0. The van der Waals surface area contributed by atoms with E-state index >= 15 is 0 Å². The summed E-state index contributed by atoms with van der Waals surface area (Å²) < 4.78 is 1.20. The number of aryl methyl sites for hydroxylation is 1. The minimum atomic E-state index is 0.472. The molecule has 2 unspecified atom stereocenters. The fraction of sp³-hybridized carbons (Fsp3) is 0.455. The molecule has 78 valence electrons. The van der Waals surface area contributed by atoms with Crippen molar-refractivity contribution >= 4 is 47.8 Å². The summed E-state index contributed by atoms with van der Waals surface area (Å²) in [6.07, 6.45) is 1.04. The molecule has 0 aliphatic heterocycles. The van der Waals surface area contributed by atoms with Gasteiger partial charge in [-0.05, 0) is 30.5 Å². The molecular weight excluding hydrogens is 372 g/mol. The Kier molecular flexibility index (Phi) is 5.15. The maximum atomic E-state index is 3.68. The summed E-state index contributed by atoms with van der Waals surface area (Å²) in [4.78, 5) is 0.953. The van der Waals surface area contributed by atoms with Gasteiger partial charge in [-0.1, -0.05) is 66.8 Å². The van der Waals surface area contributed by atoms with Gasteiger partial charge in [-0.15, -0.1) is 0 Å². The van der Waals surface area contributed by atoms with E-state index in [4.69, 9.17) is 0 Å². The molecule has 1 aromatic rings. The molecule has 0 saturated heterocycles. The highest BCUT2D eigenvalue weighted by molar-refractivity contribution is 9.12. The van der Waals surface area contributed by atoms with Crippen LogP contribution in [-0.4, -0.2) is 9.65 Å². The first-order chi connectivity index (χ1) is 6.52. The third-order valence-corrected chi connectivity index (χ3v) is 5.46. The SMILES string of the molecule is Cc1cccc(Br)c1CC(Br)C(C)Br. The van der Waals surface area contributed by atoms with Crippen LogP contribution in [0.15, 0.2) is 22.7 Å². The highest BCUT2D eigenvalue weighted by Crippen LogP contribution is 2.26. The largest absolute Gasteiger partial charge is 0.0881 e. The fourth-order valence-electron chi connectivity index (χ4n) is 1.28. The maximum Gasteiger partial charge on any atom is 0.0309 e. The number of hydrogen-bond acceptors (Lipinski definition) is 0. The Labute approximate surface area is 111 Å². The summed E-state index contributed by atoms with van der Waals surface area (Å²) in [7, 11) is 0. The van der Waals surface area contributed by atoms with Crippen molar-refractivity contribution in [2.45, 2.75) is 29.9 Å². The molecule has 0 saturated carbocycles. The molecule has 1 rings (SSSR count). The minimum absolute atomic E-state index is 0.472. The van der Waals surface area contributed by atoms with Crippen molar-refractivity contribution in [3.8, 4) is 0 Å². The predicted octanol–water partition coefficient (Wildman–Crippen LogP) is 4.85. The van der Waals surface area contributed by atoms with Crippen molar-refractivity contribution in [3.63, 3.8) is 0 Å². The zero-order valence-electron chi connectivity index (χ0n) is 8.23. The van der Waals surface area contributed by atoms with Crippen LogP contribution in [0.3, 0.4) is 0 Å². The van der Waals surface area contributed by atoms with E-state index in [1.54, 1.807) is 0 Å². The molecule has 0 nitrogen and oxygen atoms in total. The summed E-state index contributed by atoms with van der Waals surface area (Å²) in [6.45, 7) is 4.31. The van der Waals surface area contributed by atoms with Crippen LogP contribution in [-0.2, 0) is 6.42 Å². The van der Waals surface area contributed by atoms with Gasteiger partial charge in [0.25, 0.3) is 0 Å². The number of alkyl halides is 2. The Morgan fingerprint density at radius 3 is 2.43 bits per heavy atom. The highest BCUT2D eigenvalue weighted by Gasteiger charge is 2.14. The van der Waals surface area contributed by atoms with Crippen molar-refractivity contribution in [3.05, 3.63) is 33.8 Å². The smallest absolute Gasteiger partial charge is 0.0309 e. The minimum Gasteiger partial charge on any atom is -0.0881 e. The standard InChI is InChI=1S/C11H13Br3/c1-7-4-3-5-10(13)9(7)6-11(14)8(2)12/h3-5,8,11H,6H2,1-2H3. The topological polar surface area (TPSA) is 0 Å². The van der Waals surface area contributed by atoms with Crippen LogP contribution in [0.4, 0.5) is 0 Å². The van der Waals surface area contributed by atoms with E-state index in [0.29, 0.717) is 9.65 Å². The van der Waals surface area contributed by atoms with E-state index in [2.05, 4.69) is 79.8 Å². The van der Waals surface area contributed by atoms with Crippen molar-refractivity contribution in [2.75, 3.05) is 0 Å². The summed E-state index contributed by atoms with van der Waals surface area (Å²) in [5.41, 5.74) is 2.73. The van der Waals surface area contributed by atoms with E-state index in [0.717, 1.165) is 6.42 Å². The van der Waals surface area contributed by atoms with Gasteiger partial charge in [-0.25, -0.2) is 0 Å². The third kappa shape index (κ3) is 3.35. The third-order valence-electron chi connectivity index (χ3n) is 2.25. The summed E-state index contributed by atoms with van der Waals surface area (Å²) in [6, 6.07) is 6.32. The monoisotopic (exact) mass is 382 g/mol. The number of halogens is 3. The second-order valence-electron chi connectivity index (χ2n) is 3.43. The Morgan fingerprint density at radius 2 is 1.93 bits per heavy atom. The van der Waals surface area contributed by atoms with Gasteiger partial charge in [0, 0.05) is 14.1 Å². The van der Waals surface area contributed by atoms with Crippen LogP contribution in [0.1, 0.15) is 18.1 Å². The molecule has 0 radical (unpaired) electrons. The van der Waals surface area contributed by atoms with Gasteiger partial charge < -0.3 is 0 Å². The van der Waals surface area contributed by atoms with Gasteiger partial charge in [0.15, 0.2) is 0 Å². The van der Waals surface area contributed by atoms with Gasteiger partial charge >= 0.3 is 0 Å². The normalized spacial score (nSPS) is 15.2. The first-order valence-corrected chi connectivity index (χ1v) is 7.17. The Balaban J connectivity index is 2.85. The van der Waals surface area contributed by atoms with Crippen LogP contribution >= 0.6 is 47.8 Å². The highest BCUT2D eigenvalue weighted by atomic mass is 79.9. The van der Waals surface area contributed by atoms with Gasteiger partial charge in [0.1, 0.15) is 0 Å². The Bertz CT molecular complexity index is 287.